The number of pyridine rings is 1. The Hall–Kier alpha value is -2.96. The lowest BCUT2D eigenvalue weighted by Gasteiger charge is -2.12. The lowest BCUT2D eigenvalue weighted by atomic mass is 10.2. The molecule has 3 heterocycles. The molecule has 2 N–H and O–H groups in total. The Morgan fingerprint density at radius 2 is 2.09 bits per heavy atom. The van der Waals surface area contributed by atoms with Crippen molar-refractivity contribution < 1.29 is 9.59 Å². The average Bonchev–Trinajstić information content (AvgIpc) is 3.08. The number of carbonyl (C=O) groups excluding carboxylic acids is 2. The van der Waals surface area contributed by atoms with Crippen molar-refractivity contribution in [2.24, 2.45) is 0 Å². The normalized spacial score (nSPS) is 13.4. The van der Waals surface area contributed by atoms with Gasteiger partial charge in [0, 0.05) is 31.0 Å². The minimum atomic E-state index is -0.271. The molecule has 7 nitrogen and oxygen atoms in total. The molecule has 0 aliphatic carbocycles. The van der Waals surface area contributed by atoms with E-state index in [0.717, 1.165) is 16.8 Å². The first-order chi connectivity index (χ1) is 10.6. The first-order valence-electron chi connectivity index (χ1n) is 6.84. The highest BCUT2D eigenvalue weighted by atomic mass is 16.2. The molecule has 0 saturated carbocycles. The molecule has 0 spiro atoms. The lowest BCUT2D eigenvalue weighted by Crippen LogP contribution is -2.22. The van der Waals surface area contributed by atoms with Gasteiger partial charge in [-0.15, -0.1) is 0 Å². The van der Waals surface area contributed by atoms with E-state index in [1.54, 1.807) is 35.5 Å². The Morgan fingerprint density at radius 3 is 2.82 bits per heavy atom. The van der Waals surface area contributed by atoms with Crippen molar-refractivity contribution >= 4 is 23.7 Å². The molecule has 3 rings (SSSR count). The summed E-state index contributed by atoms with van der Waals surface area (Å²) in [5, 5.41) is 9.68. The molecule has 0 unspecified atom stereocenters. The average molecular weight is 297 g/mol. The van der Waals surface area contributed by atoms with E-state index >= 15 is 0 Å². The summed E-state index contributed by atoms with van der Waals surface area (Å²) in [5.74, 6) is 0.204. The van der Waals surface area contributed by atoms with Crippen molar-refractivity contribution in [1.82, 2.24) is 20.1 Å². The van der Waals surface area contributed by atoms with Crippen LogP contribution < -0.4 is 5.32 Å². The monoisotopic (exact) mass is 297 g/mol. The molecule has 22 heavy (non-hydrogen) atoms. The molecule has 2 amide bonds. The van der Waals surface area contributed by atoms with Crippen LogP contribution in [0, 0.1) is 0 Å². The maximum atomic E-state index is 12.0. The molecule has 2 aromatic rings. The van der Waals surface area contributed by atoms with Crippen LogP contribution in [0.3, 0.4) is 0 Å². The number of hydrogen-bond donors (Lipinski definition) is 2. The number of carbonyl (C=O) groups is 2. The van der Waals surface area contributed by atoms with Crippen LogP contribution in [0.25, 0.3) is 6.08 Å². The quantitative estimate of drug-likeness (QED) is 0.836. The van der Waals surface area contributed by atoms with Crippen LogP contribution in [0.5, 0.6) is 0 Å². The van der Waals surface area contributed by atoms with E-state index in [9.17, 15) is 9.59 Å². The number of aromatic nitrogens is 3. The van der Waals surface area contributed by atoms with E-state index in [4.69, 9.17) is 0 Å². The highest BCUT2D eigenvalue weighted by Gasteiger charge is 2.26. The van der Waals surface area contributed by atoms with E-state index < -0.39 is 0 Å². The minimum absolute atomic E-state index is 0.000501. The molecule has 7 heteroatoms. The van der Waals surface area contributed by atoms with Gasteiger partial charge in [-0.1, -0.05) is 0 Å². The summed E-state index contributed by atoms with van der Waals surface area (Å²) in [6.45, 7) is 2.49. The maximum absolute atomic E-state index is 12.0. The highest BCUT2D eigenvalue weighted by Crippen LogP contribution is 2.26. The van der Waals surface area contributed by atoms with Crippen molar-refractivity contribution in [3.63, 3.8) is 0 Å². The van der Waals surface area contributed by atoms with Gasteiger partial charge < -0.3 is 10.2 Å². The van der Waals surface area contributed by atoms with Crippen molar-refractivity contribution in [3.05, 3.63) is 47.4 Å². The summed E-state index contributed by atoms with van der Waals surface area (Å²) in [7, 11) is 0. The van der Waals surface area contributed by atoms with Crippen molar-refractivity contribution in [2.75, 3.05) is 5.32 Å². The van der Waals surface area contributed by atoms with E-state index in [0.29, 0.717) is 18.9 Å². The van der Waals surface area contributed by atoms with Crippen molar-refractivity contribution in [2.45, 2.75) is 20.0 Å². The summed E-state index contributed by atoms with van der Waals surface area (Å²) in [4.78, 5) is 28.9. The highest BCUT2D eigenvalue weighted by molar-refractivity contribution is 6.01. The van der Waals surface area contributed by atoms with Gasteiger partial charge >= 0.3 is 0 Å². The second-order valence-corrected chi connectivity index (χ2v) is 5.01. The van der Waals surface area contributed by atoms with Gasteiger partial charge in [-0.25, -0.2) is 0 Å². The molecule has 0 fully saturated rings. The van der Waals surface area contributed by atoms with E-state index in [1.807, 2.05) is 0 Å². The number of amides is 2. The fourth-order valence-corrected chi connectivity index (χ4v) is 2.27. The topological polar surface area (TPSA) is 91.0 Å². The molecule has 0 aromatic carbocycles. The predicted molar refractivity (Wildman–Crippen MR) is 80.4 cm³/mol. The molecule has 0 atom stereocenters. The second-order valence-electron chi connectivity index (χ2n) is 5.01. The Morgan fingerprint density at radius 1 is 1.32 bits per heavy atom. The predicted octanol–water partition coefficient (Wildman–Crippen LogP) is 1.32. The Balaban J connectivity index is 1.67. The number of anilines is 1. The lowest BCUT2D eigenvalue weighted by molar-refractivity contribution is -0.129. The number of hydrogen-bond acceptors (Lipinski definition) is 4. The van der Waals surface area contributed by atoms with Crippen LogP contribution in [-0.4, -0.2) is 31.9 Å². The zero-order chi connectivity index (χ0) is 15.5. The minimum Gasteiger partial charge on any atom is -0.333 e. The van der Waals surface area contributed by atoms with Gasteiger partial charge in [-0.2, -0.15) is 5.10 Å². The first kappa shape index (κ1) is 14.0. The second kappa shape index (κ2) is 5.80. The molecule has 1 aliphatic heterocycles. The largest absolute Gasteiger partial charge is 0.333 e. The number of fused-ring (bicyclic) bond motifs is 1. The van der Waals surface area contributed by atoms with Gasteiger partial charge in [0.15, 0.2) is 5.82 Å². The third-order valence-corrected chi connectivity index (χ3v) is 3.47. The van der Waals surface area contributed by atoms with Gasteiger partial charge in [0.25, 0.3) is 0 Å². The van der Waals surface area contributed by atoms with Crippen molar-refractivity contribution in [3.8, 4) is 0 Å². The number of aromatic amines is 1. The molecule has 0 radical (unpaired) electrons. The van der Waals surface area contributed by atoms with Gasteiger partial charge in [-0.3, -0.25) is 19.7 Å². The van der Waals surface area contributed by atoms with Crippen LogP contribution in [0.4, 0.5) is 5.82 Å². The van der Waals surface area contributed by atoms with Crippen LogP contribution in [0.2, 0.25) is 0 Å². The van der Waals surface area contributed by atoms with E-state index in [2.05, 4.69) is 20.5 Å². The molecule has 112 valence electrons. The third-order valence-electron chi connectivity index (χ3n) is 3.47. The molecule has 2 aromatic heterocycles. The summed E-state index contributed by atoms with van der Waals surface area (Å²) >= 11 is 0. The first-order valence-corrected chi connectivity index (χ1v) is 6.84. The van der Waals surface area contributed by atoms with Crippen LogP contribution in [-0.2, 0) is 22.7 Å². The zero-order valence-corrected chi connectivity index (χ0v) is 12.0. The number of nitrogens with zero attached hydrogens (tertiary/aromatic N) is 3. The van der Waals surface area contributed by atoms with E-state index in [-0.39, 0.29) is 11.8 Å². The van der Waals surface area contributed by atoms with Crippen LogP contribution in [0.1, 0.15) is 23.7 Å². The van der Waals surface area contributed by atoms with Gasteiger partial charge in [0.1, 0.15) is 0 Å². The molecular weight excluding hydrogens is 282 g/mol. The Labute approximate surface area is 127 Å². The summed E-state index contributed by atoms with van der Waals surface area (Å²) in [5.41, 5.74) is 2.62. The summed E-state index contributed by atoms with van der Waals surface area (Å²) in [6.07, 6.45) is 6.46. The Bertz CT molecular complexity index is 736. The van der Waals surface area contributed by atoms with Gasteiger partial charge in [-0.05, 0) is 23.8 Å². The summed E-state index contributed by atoms with van der Waals surface area (Å²) < 4.78 is 0. The molecule has 0 bridgehead atoms. The standard InChI is InChI=1S/C15H15N5O2/c1-10(21)20-8-12-13(9-20)18-19-15(12)17-14(22)3-2-11-4-6-16-7-5-11/h2-7H,8-9H2,1H3,(H2,17,18,19,22). The SMILES string of the molecule is CC(=O)N1Cc2[nH]nc(NC(=O)C=Cc3ccncc3)c2C1. The molecule has 1 aliphatic rings. The number of H-pyrrole nitrogens is 1. The van der Waals surface area contributed by atoms with Gasteiger partial charge in [0.05, 0.1) is 18.8 Å². The zero-order valence-electron chi connectivity index (χ0n) is 12.0. The molecule has 0 saturated heterocycles. The third kappa shape index (κ3) is 2.88. The fraction of sp³-hybridized carbons (Fsp3) is 0.200. The maximum Gasteiger partial charge on any atom is 0.249 e. The Kier molecular flexibility index (Phi) is 3.69. The smallest absolute Gasteiger partial charge is 0.249 e. The van der Waals surface area contributed by atoms with Gasteiger partial charge in [0.2, 0.25) is 11.8 Å². The van der Waals surface area contributed by atoms with Crippen molar-refractivity contribution in [1.29, 1.82) is 0 Å². The van der Waals surface area contributed by atoms with Crippen LogP contribution >= 0.6 is 0 Å². The van der Waals surface area contributed by atoms with E-state index in [1.165, 1.54) is 13.0 Å². The summed E-state index contributed by atoms with van der Waals surface area (Å²) in [6, 6.07) is 3.61. The number of nitrogens with one attached hydrogen (secondary N) is 2. The number of rotatable bonds is 3. The fourth-order valence-electron chi connectivity index (χ4n) is 2.27. The molecular formula is C15H15N5O2. The van der Waals surface area contributed by atoms with Crippen LogP contribution in [0.15, 0.2) is 30.6 Å².